The lowest BCUT2D eigenvalue weighted by molar-refractivity contribution is -0.137. The number of carbonyl (C=O) groups excluding carboxylic acids is 1. The zero-order valence-corrected chi connectivity index (χ0v) is 19.5. The Morgan fingerprint density at radius 2 is 1.79 bits per heavy atom. The van der Waals surface area contributed by atoms with Crippen molar-refractivity contribution in [3.8, 4) is 0 Å². The van der Waals surface area contributed by atoms with E-state index in [4.69, 9.17) is 11.6 Å². The number of alkyl halides is 3. The number of sulfone groups is 1. The number of nitrogens with one attached hydrogen (secondary N) is 1. The largest absolute Gasteiger partial charge is 0.416 e. The molecule has 0 bridgehead atoms. The van der Waals surface area contributed by atoms with Crippen LogP contribution in [-0.2, 0) is 26.2 Å². The maximum absolute atomic E-state index is 13.1. The molecule has 1 atom stereocenters. The van der Waals surface area contributed by atoms with Crippen molar-refractivity contribution < 1.29 is 26.4 Å². The number of benzene rings is 2. The third-order valence-corrected chi connectivity index (χ3v) is 8.87. The molecule has 0 saturated carbocycles. The van der Waals surface area contributed by atoms with Gasteiger partial charge >= 0.3 is 6.18 Å². The first-order valence-electron chi connectivity index (χ1n) is 10.7. The van der Waals surface area contributed by atoms with Crippen molar-refractivity contribution in [1.82, 2.24) is 4.90 Å². The Hall–Kier alpha value is -2.10. The number of carbonyl (C=O) groups is 1. The summed E-state index contributed by atoms with van der Waals surface area (Å²) >= 11 is 5.89. The minimum absolute atomic E-state index is 0.162. The first-order chi connectivity index (χ1) is 15.4. The molecule has 4 rings (SSSR count). The maximum Gasteiger partial charge on any atom is 0.416 e. The average Bonchev–Trinajstić information content (AvgIpc) is 2.97. The summed E-state index contributed by atoms with van der Waals surface area (Å²) in [6.45, 7) is 2.86. The van der Waals surface area contributed by atoms with Crippen LogP contribution in [0.15, 0.2) is 47.4 Å². The van der Waals surface area contributed by atoms with Crippen LogP contribution in [0.5, 0.6) is 0 Å². The minimum atomic E-state index is -4.60. The number of anilines is 1. The second-order valence-corrected chi connectivity index (χ2v) is 11.1. The van der Waals surface area contributed by atoms with Crippen molar-refractivity contribution in [2.24, 2.45) is 0 Å². The second-order valence-electron chi connectivity index (χ2n) is 8.70. The van der Waals surface area contributed by atoms with Gasteiger partial charge in [-0.1, -0.05) is 24.6 Å². The van der Waals surface area contributed by atoms with Crippen molar-refractivity contribution in [3.63, 3.8) is 0 Å². The molecule has 5 nitrogen and oxygen atoms in total. The van der Waals surface area contributed by atoms with E-state index in [0.29, 0.717) is 48.6 Å². The van der Waals surface area contributed by atoms with Crippen LogP contribution in [0.2, 0.25) is 5.02 Å². The van der Waals surface area contributed by atoms with E-state index >= 15 is 0 Å². The number of likely N-dealkylation sites (tertiary alicyclic amines) is 1. The Morgan fingerprint density at radius 1 is 1.15 bits per heavy atom. The third-order valence-electron chi connectivity index (χ3n) is 6.68. The van der Waals surface area contributed by atoms with E-state index in [9.17, 15) is 26.4 Å². The molecule has 0 radical (unpaired) electrons. The molecular weight excluding hydrogens is 477 g/mol. The number of hydrogen-bond acceptors (Lipinski definition) is 4. The van der Waals surface area contributed by atoms with Crippen LogP contribution in [0.3, 0.4) is 0 Å². The van der Waals surface area contributed by atoms with Gasteiger partial charge in [0.05, 0.1) is 22.3 Å². The van der Waals surface area contributed by atoms with Crippen LogP contribution in [-0.4, -0.2) is 44.1 Å². The summed E-state index contributed by atoms with van der Waals surface area (Å²) in [4.78, 5) is 14.7. The number of fused-ring (bicyclic) bond motifs is 2. The average molecular weight is 501 g/mol. The highest BCUT2D eigenvalue weighted by Crippen LogP contribution is 2.48. The smallest absolute Gasteiger partial charge is 0.325 e. The van der Waals surface area contributed by atoms with Gasteiger partial charge in [-0.05, 0) is 74.3 Å². The van der Waals surface area contributed by atoms with Crippen LogP contribution in [0, 0.1) is 0 Å². The summed E-state index contributed by atoms with van der Waals surface area (Å²) in [5.74, 6) is -0.358. The molecule has 33 heavy (non-hydrogen) atoms. The lowest BCUT2D eigenvalue weighted by Crippen LogP contribution is -2.51. The summed E-state index contributed by atoms with van der Waals surface area (Å²) in [6.07, 6.45) is -3.13. The van der Waals surface area contributed by atoms with Crippen molar-refractivity contribution in [2.45, 2.75) is 48.7 Å². The van der Waals surface area contributed by atoms with Crippen LogP contribution >= 0.6 is 11.6 Å². The van der Waals surface area contributed by atoms with E-state index in [2.05, 4.69) is 5.32 Å². The lowest BCUT2D eigenvalue weighted by atomic mass is 9.74. The summed E-state index contributed by atoms with van der Waals surface area (Å²) < 4.78 is 64.9. The van der Waals surface area contributed by atoms with Crippen molar-refractivity contribution in [3.05, 3.63) is 58.6 Å². The van der Waals surface area contributed by atoms with Crippen LogP contribution in [0.1, 0.15) is 37.3 Å². The van der Waals surface area contributed by atoms with Gasteiger partial charge in [-0.25, -0.2) is 8.42 Å². The van der Waals surface area contributed by atoms with Gasteiger partial charge in [-0.3, -0.25) is 9.69 Å². The van der Waals surface area contributed by atoms with Gasteiger partial charge in [-0.15, -0.1) is 0 Å². The molecule has 1 spiro atoms. The van der Waals surface area contributed by atoms with E-state index in [0.717, 1.165) is 12.1 Å². The van der Waals surface area contributed by atoms with Gasteiger partial charge in [0.15, 0.2) is 9.84 Å². The van der Waals surface area contributed by atoms with Crippen molar-refractivity contribution >= 4 is 33.0 Å². The molecular formula is C23H24ClF3N2O3S. The molecule has 2 heterocycles. The Balaban J connectivity index is 1.51. The monoisotopic (exact) mass is 500 g/mol. The zero-order valence-electron chi connectivity index (χ0n) is 18.0. The molecule has 0 aromatic heterocycles. The highest BCUT2D eigenvalue weighted by atomic mass is 35.5. The Morgan fingerprint density at radius 3 is 2.36 bits per heavy atom. The van der Waals surface area contributed by atoms with Crippen molar-refractivity contribution in [1.29, 1.82) is 0 Å². The minimum Gasteiger partial charge on any atom is -0.325 e. The van der Waals surface area contributed by atoms with E-state index in [1.807, 2.05) is 11.8 Å². The van der Waals surface area contributed by atoms with Crippen LogP contribution in [0.25, 0.3) is 0 Å². The number of hydrogen-bond donors (Lipinski definition) is 1. The fraction of sp³-hybridized carbons (Fsp3) is 0.435. The Bertz CT molecular complexity index is 1160. The SMILES string of the molecule is CCC(C(=O)Nc1ccc(Cl)cc1)N1CCC2(CC1)CS(=O)(=O)c1cc(C(F)(F)F)ccc12. The van der Waals surface area contributed by atoms with E-state index < -0.39 is 33.0 Å². The topological polar surface area (TPSA) is 66.5 Å². The Kier molecular flexibility index (Phi) is 6.26. The highest BCUT2D eigenvalue weighted by Gasteiger charge is 2.50. The van der Waals surface area contributed by atoms with E-state index in [-0.39, 0.29) is 16.6 Å². The molecule has 1 saturated heterocycles. The molecule has 2 aromatic rings. The molecule has 1 unspecified atom stereocenters. The normalized spacial score (nSPS) is 20.4. The van der Waals surface area contributed by atoms with Gasteiger partial charge in [0, 0.05) is 16.1 Å². The molecule has 2 aromatic carbocycles. The number of nitrogens with zero attached hydrogens (tertiary/aromatic N) is 1. The third kappa shape index (κ3) is 4.63. The first-order valence-corrected chi connectivity index (χ1v) is 12.7. The predicted octanol–water partition coefficient (Wildman–Crippen LogP) is 4.90. The molecule has 1 fully saturated rings. The molecule has 0 aliphatic carbocycles. The summed E-state index contributed by atoms with van der Waals surface area (Å²) in [5.41, 5.74) is -0.578. The number of amides is 1. The van der Waals surface area contributed by atoms with Gasteiger partial charge < -0.3 is 5.32 Å². The first kappa shape index (κ1) is 24.0. The summed E-state index contributed by atoms with van der Waals surface area (Å²) in [5, 5.41) is 3.45. The van der Waals surface area contributed by atoms with E-state index in [1.54, 1.807) is 24.3 Å². The van der Waals surface area contributed by atoms with Gasteiger partial charge in [0.1, 0.15) is 0 Å². The van der Waals surface area contributed by atoms with Gasteiger partial charge in [0.2, 0.25) is 5.91 Å². The number of halogens is 4. The van der Waals surface area contributed by atoms with E-state index in [1.165, 1.54) is 6.07 Å². The maximum atomic E-state index is 13.1. The van der Waals surface area contributed by atoms with Gasteiger partial charge in [-0.2, -0.15) is 13.2 Å². The van der Waals surface area contributed by atoms with Crippen LogP contribution in [0.4, 0.5) is 18.9 Å². The molecule has 1 N–H and O–H groups in total. The van der Waals surface area contributed by atoms with Crippen molar-refractivity contribution in [2.75, 3.05) is 24.2 Å². The fourth-order valence-electron chi connectivity index (χ4n) is 4.96. The molecule has 2 aliphatic rings. The second kappa shape index (κ2) is 8.60. The summed E-state index contributed by atoms with van der Waals surface area (Å²) in [7, 11) is -3.81. The zero-order chi connectivity index (χ0) is 24.0. The quantitative estimate of drug-likeness (QED) is 0.648. The highest BCUT2D eigenvalue weighted by molar-refractivity contribution is 7.91. The predicted molar refractivity (Wildman–Crippen MR) is 120 cm³/mol. The standard InChI is InChI=1S/C23H24ClF3N2O3S/c1-2-19(21(30)28-17-6-4-16(24)5-7-17)29-11-9-22(10-12-29)14-33(31,32)20-13-15(23(25,26)27)3-8-18(20)22/h3-8,13,19H,2,9-12,14H2,1H3,(H,28,30). The van der Waals surface area contributed by atoms with Gasteiger partial charge in [0.25, 0.3) is 0 Å². The number of piperidine rings is 1. The summed E-state index contributed by atoms with van der Waals surface area (Å²) in [6, 6.07) is 9.45. The fourth-order valence-corrected chi connectivity index (χ4v) is 7.34. The molecule has 1 amide bonds. The lowest BCUT2D eigenvalue weighted by Gasteiger charge is -2.42. The molecule has 10 heteroatoms. The Labute approximate surface area is 195 Å². The number of rotatable bonds is 4. The molecule has 178 valence electrons. The molecule has 2 aliphatic heterocycles. The van der Waals surface area contributed by atoms with Crippen LogP contribution < -0.4 is 5.32 Å².